The highest BCUT2D eigenvalue weighted by Gasteiger charge is 2.22. The summed E-state index contributed by atoms with van der Waals surface area (Å²) in [4.78, 5) is 28.7. The number of hydrogen-bond acceptors (Lipinski definition) is 4. The highest BCUT2D eigenvalue weighted by Crippen LogP contribution is 2.19. The first-order valence-corrected chi connectivity index (χ1v) is 10.9. The van der Waals surface area contributed by atoms with E-state index in [2.05, 4.69) is 26.5 Å². The highest BCUT2D eigenvalue weighted by atomic mass is 16.3. The van der Waals surface area contributed by atoms with Gasteiger partial charge in [0.05, 0.1) is 12.8 Å². The number of rotatable bonds is 10. The number of aromatic nitrogens is 1. The third kappa shape index (κ3) is 6.24. The van der Waals surface area contributed by atoms with Crippen molar-refractivity contribution in [3.8, 4) is 0 Å². The molecule has 0 unspecified atom stereocenters. The van der Waals surface area contributed by atoms with Crippen molar-refractivity contribution in [2.24, 2.45) is 0 Å². The molecule has 4 aromatic rings. The molecule has 2 heterocycles. The summed E-state index contributed by atoms with van der Waals surface area (Å²) in [5.41, 5.74) is 8.43. The summed E-state index contributed by atoms with van der Waals surface area (Å²) in [7, 11) is 0. The Morgan fingerprint density at radius 1 is 0.970 bits per heavy atom. The first-order chi connectivity index (χ1) is 16.2. The number of hydrazine groups is 1. The van der Waals surface area contributed by atoms with Crippen molar-refractivity contribution in [2.45, 2.75) is 25.4 Å². The maximum atomic E-state index is 13.0. The van der Waals surface area contributed by atoms with Gasteiger partial charge in [-0.05, 0) is 35.7 Å². The average Bonchev–Trinajstić information content (AvgIpc) is 3.50. The van der Waals surface area contributed by atoms with Crippen LogP contribution in [0, 0.1) is 0 Å². The Labute approximate surface area is 191 Å². The van der Waals surface area contributed by atoms with Crippen LogP contribution in [0.5, 0.6) is 0 Å². The third-order valence-electron chi connectivity index (χ3n) is 5.32. The Morgan fingerprint density at radius 3 is 2.61 bits per heavy atom. The summed E-state index contributed by atoms with van der Waals surface area (Å²) < 4.78 is 5.22. The Kier molecular flexibility index (Phi) is 7.40. The fourth-order valence-corrected chi connectivity index (χ4v) is 3.65. The number of hydrogen-bond donors (Lipinski definition) is 5. The van der Waals surface area contributed by atoms with Crippen molar-refractivity contribution in [1.82, 2.24) is 26.5 Å². The van der Waals surface area contributed by atoms with E-state index in [4.69, 9.17) is 4.42 Å². The SMILES string of the molecule is O=C(NNCc1ccco1)N[C@H](Cc1c[nH]c2ccccc12)C(=O)NCCc1ccccc1. The van der Waals surface area contributed by atoms with E-state index in [9.17, 15) is 9.59 Å². The molecule has 8 nitrogen and oxygen atoms in total. The van der Waals surface area contributed by atoms with Crippen molar-refractivity contribution in [1.29, 1.82) is 0 Å². The maximum absolute atomic E-state index is 13.0. The molecule has 0 saturated carbocycles. The molecule has 8 heteroatoms. The van der Waals surface area contributed by atoms with Crippen LogP contribution in [0.15, 0.2) is 83.6 Å². The number of carbonyl (C=O) groups excluding carboxylic acids is 2. The summed E-state index contributed by atoms with van der Waals surface area (Å²) >= 11 is 0. The number of H-pyrrole nitrogens is 1. The second kappa shape index (κ2) is 11.0. The van der Waals surface area contributed by atoms with Crippen LogP contribution in [0.25, 0.3) is 10.9 Å². The van der Waals surface area contributed by atoms with Crippen LogP contribution in [-0.2, 0) is 24.2 Å². The van der Waals surface area contributed by atoms with E-state index in [1.807, 2.05) is 60.8 Å². The predicted molar refractivity (Wildman–Crippen MR) is 126 cm³/mol. The zero-order chi connectivity index (χ0) is 22.9. The van der Waals surface area contributed by atoms with Gasteiger partial charge in [0, 0.05) is 30.1 Å². The van der Waals surface area contributed by atoms with E-state index in [0.717, 1.165) is 22.0 Å². The number of fused-ring (bicyclic) bond motifs is 1. The first kappa shape index (κ1) is 22.2. The van der Waals surface area contributed by atoms with Crippen LogP contribution in [0.2, 0.25) is 0 Å². The van der Waals surface area contributed by atoms with Gasteiger partial charge in [0.1, 0.15) is 11.8 Å². The minimum absolute atomic E-state index is 0.239. The van der Waals surface area contributed by atoms with Gasteiger partial charge in [0.25, 0.3) is 0 Å². The van der Waals surface area contributed by atoms with E-state index in [1.165, 1.54) is 0 Å². The van der Waals surface area contributed by atoms with Crippen LogP contribution in [0.3, 0.4) is 0 Å². The Hall–Kier alpha value is -4.04. The van der Waals surface area contributed by atoms with Gasteiger partial charge in [-0.1, -0.05) is 48.5 Å². The van der Waals surface area contributed by atoms with Gasteiger partial charge in [0.15, 0.2) is 0 Å². The van der Waals surface area contributed by atoms with E-state index in [-0.39, 0.29) is 5.91 Å². The van der Waals surface area contributed by atoms with Crippen molar-refractivity contribution >= 4 is 22.8 Å². The third-order valence-corrected chi connectivity index (χ3v) is 5.32. The van der Waals surface area contributed by atoms with E-state index in [0.29, 0.717) is 31.7 Å². The maximum Gasteiger partial charge on any atom is 0.329 e. The average molecular weight is 446 g/mol. The van der Waals surface area contributed by atoms with Gasteiger partial charge < -0.3 is 20.0 Å². The Morgan fingerprint density at radius 2 is 1.79 bits per heavy atom. The topological polar surface area (TPSA) is 111 Å². The molecular formula is C25H27N5O3. The van der Waals surface area contributed by atoms with Crippen LogP contribution in [0.1, 0.15) is 16.9 Å². The Bertz CT molecular complexity index is 1170. The number of urea groups is 1. The largest absolute Gasteiger partial charge is 0.468 e. The lowest BCUT2D eigenvalue weighted by molar-refractivity contribution is -0.122. The second-order valence-electron chi connectivity index (χ2n) is 7.67. The molecule has 170 valence electrons. The fourth-order valence-electron chi connectivity index (χ4n) is 3.65. The minimum atomic E-state index is -0.745. The van der Waals surface area contributed by atoms with Gasteiger partial charge >= 0.3 is 6.03 Å². The fraction of sp³-hybridized carbons (Fsp3) is 0.200. The zero-order valence-corrected chi connectivity index (χ0v) is 18.1. The smallest absolute Gasteiger partial charge is 0.329 e. The molecule has 2 aromatic carbocycles. The summed E-state index contributed by atoms with van der Waals surface area (Å²) in [6.07, 6.45) is 4.51. The molecule has 1 atom stereocenters. The normalized spacial score (nSPS) is 11.8. The van der Waals surface area contributed by atoms with Gasteiger partial charge in [-0.3, -0.25) is 10.2 Å². The molecule has 4 rings (SSSR count). The first-order valence-electron chi connectivity index (χ1n) is 10.9. The van der Waals surface area contributed by atoms with Crippen LogP contribution >= 0.6 is 0 Å². The number of nitrogens with one attached hydrogen (secondary N) is 5. The number of aromatic amines is 1. The molecule has 3 amide bonds. The molecule has 2 aromatic heterocycles. The molecule has 0 bridgehead atoms. The minimum Gasteiger partial charge on any atom is -0.468 e. The van der Waals surface area contributed by atoms with Crippen molar-refractivity contribution in [3.63, 3.8) is 0 Å². The summed E-state index contributed by atoms with van der Waals surface area (Å²) in [6.45, 7) is 0.810. The number of amides is 3. The van der Waals surface area contributed by atoms with Crippen LogP contribution in [-0.4, -0.2) is 29.5 Å². The van der Waals surface area contributed by atoms with E-state index < -0.39 is 12.1 Å². The summed E-state index contributed by atoms with van der Waals surface area (Å²) in [5, 5.41) is 6.75. The summed E-state index contributed by atoms with van der Waals surface area (Å²) in [6, 6.07) is 20.1. The zero-order valence-electron chi connectivity index (χ0n) is 18.1. The lowest BCUT2D eigenvalue weighted by Crippen LogP contribution is -2.53. The van der Waals surface area contributed by atoms with Crippen LogP contribution in [0.4, 0.5) is 4.79 Å². The number of para-hydroxylation sites is 1. The molecule has 5 N–H and O–H groups in total. The quantitative estimate of drug-likeness (QED) is 0.242. The molecule has 0 spiro atoms. The monoisotopic (exact) mass is 445 g/mol. The Balaban J connectivity index is 1.38. The number of carbonyl (C=O) groups is 2. The number of furan rings is 1. The van der Waals surface area contributed by atoms with E-state index >= 15 is 0 Å². The van der Waals surface area contributed by atoms with Crippen molar-refractivity contribution < 1.29 is 14.0 Å². The van der Waals surface area contributed by atoms with Gasteiger partial charge in [0.2, 0.25) is 5.91 Å². The second-order valence-corrected chi connectivity index (χ2v) is 7.67. The van der Waals surface area contributed by atoms with Gasteiger partial charge in [-0.2, -0.15) is 0 Å². The lowest BCUT2D eigenvalue weighted by atomic mass is 10.0. The van der Waals surface area contributed by atoms with Gasteiger partial charge in [-0.25, -0.2) is 10.2 Å². The molecule has 0 saturated heterocycles. The molecule has 33 heavy (non-hydrogen) atoms. The van der Waals surface area contributed by atoms with Crippen molar-refractivity contribution in [3.05, 3.63) is 96.1 Å². The molecular weight excluding hydrogens is 418 g/mol. The predicted octanol–water partition coefficient (Wildman–Crippen LogP) is 3.03. The van der Waals surface area contributed by atoms with E-state index in [1.54, 1.807) is 18.4 Å². The molecule has 0 radical (unpaired) electrons. The molecule has 0 fully saturated rings. The standard InChI is InChI=1S/C25H27N5O3/c31-24(26-13-12-18-7-2-1-3-8-18)23(15-19-16-27-22-11-5-4-10-21(19)22)29-25(32)30-28-17-20-9-6-14-33-20/h1-11,14,16,23,27-28H,12-13,15,17H2,(H,26,31)(H2,29,30,32)/t23-/m1/s1. The number of benzene rings is 2. The molecule has 0 aliphatic rings. The highest BCUT2D eigenvalue weighted by molar-refractivity contribution is 5.89. The molecule has 0 aliphatic heterocycles. The molecule has 0 aliphatic carbocycles. The van der Waals surface area contributed by atoms with Crippen molar-refractivity contribution in [2.75, 3.05) is 6.54 Å². The lowest BCUT2D eigenvalue weighted by Gasteiger charge is -2.19. The van der Waals surface area contributed by atoms with Gasteiger partial charge in [-0.15, -0.1) is 0 Å². The van der Waals surface area contributed by atoms with Crippen LogP contribution < -0.4 is 21.5 Å². The summed E-state index contributed by atoms with van der Waals surface area (Å²) in [5.74, 6) is 0.446.